The molecule has 0 spiro atoms. The summed E-state index contributed by atoms with van der Waals surface area (Å²) in [5, 5.41) is 4.03. The van der Waals surface area contributed by atoms with E-state index in [9.17, 15) is 0 Å². The lowest BCUT2D eigenvalue weighted by atomic mass is 10.1. The number of furan rings is 2. The van der Waals surface area contributed by atoms with E-state index in [-0.39, 0.29) is 0 Å². The quantitative estimate of drug-likeness (QED) is 0.239. The maximum atomic E-state index is 6.14. The smallest absolute Gasteiger partial charge is 0.229 e. The van der Waals surface area contributed by atoms with Crippen LogP contribution < -0.4 is 4.90 Å². The lowest BCUT2D eigenvalue weighted by Crippen LogP contribution is -2.11. The molecule has 8 aromatic rings. The fraction of sp³-hybridized carbons (Fsp3) is 0. The topological polar surface area (TPSA) is 55.3 Å². The Labute approximate surface area is 223 Å². The fourth-order valence-electron chi connectivity index (χ4n) is 5.29. The number of rotatable bonds is 4. The second-order valence-electron chi connectivity index (χ2n) is 9.51. The molecule has 0 amide bonds. The molecular weight excluding hydrogens is 482 g/mol. The number of para-hydroxylation sites is 2. The van der Waals surface area contributed by atoms with Crippen LogP contribution in [0.1, 0.15) is 0 Å². The summed E-state index contributed by atoms with van der Waals surface area (Å²) in [6.45, 7) is 0. The molecule has 184 valence electrons. The normalized spacial score (nSPS) is 11.6. The van der Waals surface area contributed by atoms with Crippen molar-refractivity contribution in [3.05, 3.63) is 128 Å². The molecule has 0 aliphatic heterocycles. The third-order valence-corrected chi connectivity index (χ3v) is 7.17. The summed E-state index contributed by atoms with van der Waals surface area (Å²) in [6, 6.07) is 41.1. The molecule has 0 aliphatic rings. The molecule has 0 N–H and O–H groups in total. The Kier molecular flexibility index (Phi) is 4.76. The van der Waals surface area contributed by atoms with Crippen LogP contribution >= 0.6 is 0 Å². The van der Waals surface area contributed by atoms with Crippen LogP contribution in [0.25, 0.3) is 55.3 Å². The Morgan fingerprint density at radius 2 is 1.13 bits per heavy atom. The first kappa shape index (κ1) is 21.6. The van der Waals surface area contributed by atoms with Gasteiger partial charge in [0, 0.05) is 21.8 Å². The molecule has 5 nitrogen and oxygen atoms in total. The van der Waals surface area contributed by atoms with Gasteiger partial charge in [0.25, 0.3) is 0 Å². The summed E-state index contributed by atoms with van der Waals surface area (Å²) in [6.07, 6.45) is 1.83. The lowest BCUT2D eigenvalue weighted by molar-refractivity contribution is 0.653. The molecule has 0 fully saturated rings. The first-order valence-corrected chi connectivity index (χ1v) is 12.8. The van der Waals surface area contributed by atoms with E-state index in [4.69, 9.17) is 18.8 Å². The summed E-state index contributed by atoms with van der Waals surface area (Å²) < 4.78 is 12.1. The van der Waals surface area contributed by atoms with Gasteiger partial charge < -0.3 is 8.83 Å². The predicted octanol–water partition coefficient (Wildman–Crippen LogP) is 9.41. The van der Waals surface area contributed by atoms with Crippen molar-refractivity contribution >= 4 is 61.3 Å². The van der Waals surface area contributed by atoms with Gasteiger partial charge in [0.15, 0.2) is 0 Å². The zero-order valence-electron chi connectivity index (χ0n) is 20.8. The standard InChI is InChI=1S/C34H21N3O2/c1-2-8-22(9-3-1)23-14-16-24(17-15-23)37(25-20-29-27-11-5-7-13-31(27)38-33(29)35-21-25)32-19-18-28-26-10-4-6-12-30(26)39-34(28)36-32/h1-21H. The van der Waals surface area contributed by atoms with E-state index < -0.39 is 0 Å². The Bertz CT molecular complexity index is 2130. The van der Waals surface area contributed by atoms with Crippen molar-refractivity contribution in [2.75, 3.05) is 4.90 Å². The number of hydrogen-bond donors (Lipinski definition) is 0. The van der Waals surface area contributed by atoms with Crippen molar-refractivity contribution in [1.29, 1.82) is 0 Å². The minimum Gasteiger partial charge on any atom is -0.438 e. The molecule has 39 heavy (non-hydrogen) atoms. The molecule has 0 unspecified atom stereocenters. The monoisotopic (exact) mass is 503 g/mol. The second-order valence-corrected chi connectivity index (χ2v) is 9.51. The van der Waals surface area contributed by atoms with Gasteiger partial charge in [-0.1, -0.05) is 78.9 Å². The van der Waals surface area contributed by atoms with E-state index in [1.54, 1.807) is 0 Å². The van der Waals surface area contributed by atoms with Gasteiger partial charge in [0.1, 0.15) is 17.0 Å². The largest absolute Gasteiger partial charge is 0.438 e. The van der Waals surface area contributed by atoms with Crippen LogP contribution in [0.2, 0.25) is 0 Å². The van der Waals surface area contributed by atoms with Crippen molar-refractivity contribution in [3.8, 4) is 11.1 Å². The zero-order chi connectivity index (χ0) is 25.8. The number of pyridine rings is 2. The zero-order valence-corrected chi connectivity index (χ0v) is 20.8. The third-order valence-electron chi connectivity index (χ3n) is 7.17. The number of nitrogens with zero attached hydrogens (tertiary/aromatic N) is 3. The van der Waals surface area contributed by atoms with E-state index in [0.29, 0.717) is 11.4 Å². The number of hydrogen-bond acceptors (Lipinski definition) is 5. The van der Waals surface area contributed by atoms with Gasteiger partial charge in [-0.3, -0.25) is 4.90 Å². The van der Waals surface area contributed by atoms with Gasteiger partial charge >= 0.3 is 0 Å². The Hall–Kier alpha value is -5.42. The Balaban J connectivity index is 1.32. The molecule has 0 bridgehead atoms. The van der Waals surface area contributed by atoms with Crippen LogP contribution in [0.3, 0.4) is 0 Å². The van der Waals surface area contributed by atoms with Gasteiger partial charge in [-0.05, 0) is 53.6 Å². The van der Waals surface area contributed by atoms with Crippen LogP contribution in [0.5, 0.6) is 0 Å². The molecule has 4 aromatic carbocycles. The highest BCUT2D eigenvalue weighted by molar-refractivity contribution is 6.06. The Morgan fingerprint density at radius 3 is 1.90 bits per heavy atom. The molecule has 0 saturated carbocycles. The van der Waals surface area contributed by atoms with Gasteiger partial charge in [-0.25, -0.2) is 4.98 Å². The average Bonchev–Trinajstić information content (AvgIpc) is 3.56. The second kappa shape index (κ2) is 8.57. The maximum Gasteiger partial charge on any atom is 0.229 e. The minimum absolute atomic E-state index is 0.599. The number of benzene rings is 4. The fourth-order valence-corrected chi connectivity index (χ4v) is 5.29. The van der Waals surface area contributed by atoms with Gasteiger partial charge in [0.2, 0.25) is 11.4 Å². The molecule has 5 heteroatoms. The van der Waals surface area contributed by atoms with Gasteiger partial charge in [0.05, 0.1) is 17.3 Å². The minimum atomic E-state index is 0.599. The van der Waals surface area contributed by atoms with Crippen molar-refractivity contribution in [2.24, 2.45) is 0 Å². The van der Waals surface area contributed by atoms with Gasteiger partial charge in [-0.2, -0.15) is 4.98 Å². The van der Waals surface area contributed by atoms with Crippen LogP contribution in [-0.2, 0) is 0 Å². The van der Waals surface area contributed by atoms with E-state index in [2.05, 4.69) is 77.7 Å². The van der Waals surface area contributed by atoms with E-state index in [0.717, 1.165) is 55.5 Å². The first-order chi connectivity index (χ1) is 19.3. The summed E-state index contributed by atoms with van der Waals surface area (Å²) in [5.41, 5.74) is 7.01. The molecule has 0 atom stereocenters. The molecule has 0 radical (unpaired) electrons. The highest BCUT2D eigenvalue weighted by atomic mass is 16.3. The van der Waals surface area contributed by atoms with E-state index in [1.165, 1.54) is 5.56 Å². The van der Waals surface area contributed by atoms with E-state index >= 15 is 0 Å². The molecule has 8 rings (SSSR count). The highest BCUT2D eigenvalue weighted by Crippen LogP contribution is 2.39. The SMILES string of the molecule is c1ccc(-c2ccc(N(c3cnc4oc5ccccc5c4c3)c3ccc4c(n3)oc3ccccc34)cc2)cc1. The van der Waals surface area contributed by atoms with Crippen molar-refractivity contribution < 1.29 is 8.83 Å². The summed E-state index contributed by atoms with van der Waals surface area (Å²) >= 11 is 0. The van der Waals surface area contributed by atoms with Crippen LogP contribution in [-0.4, -0.2) is 9.97 Å². The summed E-state index contributed by atoms with van der Waals surface area (Å²) in [4.78, 5) is 11.8. The highest BCUT2D eigenvalue weighted by Gasteiger charge is 2.19. The van der Waals surface area contributed by atoms with Gasteiger partial charge in [-0.15, -0.1) is 0 Å². The Morgan fingerprint density at radius 1 is 0.487 bits per heavy atom. The number of anilines is 3. The summed E-state index contributed by atoms with van der Waals surface area (Å²) in [5.74, 6) is 0.739. The number of aromatic nitrogens is 2. The molecule has 4 heterocycles. The van der Waals surface area contributed by atoms with Crippen molar-refractivity contribution in [2.45, 2.75) is 0 Å². The third kappa shape index (κ3) is 3.55. The average molecular weight is 504 g/mol. The van der Waals surface area contributed by atoms with Crippen molar-refractivity contribution in [3.63, 3.8) is 0 Å². The predicted molar refractivity (Wildman–Crippen MR) is 157 cm³/mol. The molecule has 4 aromatic heterocycles. The van der Waals surface area contributed by atoms with E-state index in [1.807, 2.05) is 54.7 Å². The first-order valence-electron chi connectivity index (χ1n) is 12.8. The van der Waals surface area contributed by atoms with Crippen molar-refractivity contribution in [1.82, 2.24) is 9.97 Å². The molecule has 0 aliphatic carbocycles. The summed E-state index contributed by atoms with van der Waals surface area (Å²) in [7, 11) is 0. The van der Waals surface area contributed by atoms with Crippen LogP contribution in [0.15, 0.2) is 136 Å². The van der Waals surface area contributed by atoms with Crippen LogP contribution in [0.4, 0.5) is 17.2 Å². The maximum absolute atomic E-state index is 6.14. The lowest BCUT2D eigenvalue weighted by Gasteiger charge is -2.24. The molecular formula is C34H21N3O2. The molecule has 0 saturated heterocycles. The number of fused-ring (bicyclic) bond motifs is 6. The van der Waals surface area contributed by atoms with Crippen LogP contribution in [0, 0.1) is 0 Å².